The van der Waals surface area contributed by atoms with Gasteiger partial charge in [0.2, 0.25) is 0 Å². The lowest BCUT2D eigenvalue weighted by molar-refractivity contribution is -0.137. The molecule has 1 N–H and O–H groups in total. The Hall–Kier alpha value is -1.36. The van der Waals surface area contributed by atoms with Gasteiger partial charge >= 0.3 is 6.18 Å². The second-order valence-electron chi connectivity index (χ2n) is 4.87. The predicted octanol–water partition coefficient (Wildman–Crippen LogP) is 3.42. The van der Waals surface area contributed by atoms with Crippen molar-refractivity contribution < 1.29 is 18.0 Å². The quantitative estimate of drug-likeness (QED) is 0.853. The molecule has 1 aromatic carbocycles. The van der Waals surface area contributed by atoms with Gasteiger partial charge in [-0.15, -0.1) is 0 Å². The first-order valence-corrected chi connectivity index (χ1v) is 6.36. The van der Waals surface area contributed by atoms with Gasteiger partial charge in [0.25, 0.3) is 0 Å². The number of hydrogen-bond donors (Lipinski definition) is 1. The van der Waals surface area contributed by atoms with Crippen molar-refractivity contribution in [2.24, 2.45) is 0 Å². The van der Waals surface area contributed by atoms with E-state index in [1.165, 1.54) is 12.1 Å². The van der Waals surface area contributed by atoms with Crippen molar-refractivity contribution >= 4 is 5.78 Å². The Bertz CT molecular complexity index is 459. The van der Waals surface area contributed by atoms with Crippen molar-refractivity contribution in [2.45, 2.75) is 37.9 Å². The van der Waals surface area contributed by atoms with Gasteiger partial charge in [-0.2, -0.15) is 13.2 Å². The molecule has 1 unspecified atom stereocenters. The molecular weight excluding hydrogens is 255 g/mol. The Morgan fingerprint density at radius 3 is 2.37 bits per heavy atom. The summed E-state index contributed by atoms with van der Waals surface area (Å²) in [7, 11) is 0. The second-order valence-corrected chi connectivity index (χ2v) is 4.87. The maximum absolute atomic E-state index is 12.5. The molecule has 104 valence electrons. The summed E-state index contributed by atoms with van der Waals surface area (Å²) in [4.78, 5) is 12.4. The molecule has 1 aliphatic rings. The zero-order valence-corrected chi connectivity index (χ0v) is 10.7. The van der Waals surface area contributed by atoms with Crippen molar-refractivity contribution in [2.75, 3.05) is 6.54 Å². The lowest BCUT2D eigenvalue weighted by Crippen LogP contribution is -2.47. The van der Waals surface area contributed by atoms with Crippen LogP contribution in [-0.4, -0.2) is 17.9 Å². The molecule has 19 heavy (non-hydrogen) atoms. The standard InChI is InChI=1S/C14H16F3NO/c1-2-13(8-3-9-18-13)12(19)10-4-6-11(7-5-10)14(15,16)17/h4-7,18H,2-3,8-9H2,1H3. The van der Waals surface area contributed by atoms with E-state index in [0.29, 0.717) is 12.0 Å². The van der Waals surface area contributed by atoms with Crippen LogP contribution in [0.3, 0.4) is 0 Å². The van der Waals surface area contributed by atoms with Gasteiger partial charge < -0.3 is 5.32 Å². The monoisotopic (exact) mass is 271 g/mol. The molecule has 0 aliphatic carbocycles. The third kappa shape index (κ3) is 2.66. The minimum Gasteiger partial charge on any atom is -0.305 e. The summed E-state index contributed by atoms with van der Waals surface area (Å²) in [6.45, 7) is 2.69. The molecule has 1 atom stereocenters. The number of ketones is 1. The van der Waals surface area contributed by atoms with Crippen LogP contribution in [0.1, 0.15) is 42.1 Å². The van der Waals surface area contributed by atoms with Crippen LogP contribution in [0.4, 0.5) is 13.2 Å². The number of alkyl halides is 3. The van der Waals surface area contributed by atoms with Crippen LogP contribution >= 0.6 is 0 Å². The van der Waals surface area contributed by atoms with Crippen LogP contribution in [0.15, 0.2) is 24.3 Å². The molecule has 1 saturated heterocycles. The maximum atomic E-state index is 12.5. The molecule has 1 heterocycles. The summed E-state index contributed by atoms with van der Waals surface area (Å²) in [5.41, 5.74) is -0.988. The number of carbonyl (C=O) groups is 1. The Balaban J connectivity index is 2.25. The largest absolute Gasteiger partial charge is 0.416 e. The lowest BCUT2D eigenvalue weighted by atomic mass is 9.85. The van der Waals surface area contributed by atoms with Crippen LogP contribution < -0.4 is 5.32 Å². The molecule has 1 fully saturated rings. The molecule has 5 heteroatoms. The van der Waals surface area contributed by atoms with Gasteiger partial charge in [0.1, 0.15) is 0 Å². The van der Waals surface area contributed by atoms with Crippen LogP contribution in [0.25, 0.3) is 0 Å². The molecule has 0 bridgehead atoms. The van der Waals surface area contributed by atoms with Gasteiger partial charge in [0.05, 0.1) is 11.1 Å². The van der Waals surface area contributed by atoms with E-state index in [0.717, 1.165) is 31.5 Å². The highest BCUT2D eigenvalue weighted by Gasteiger charge is 2.39. The zero-order chi connectivity index (χ0) is 14.1. The number of hydrogen-bond acceptors (Lipinski definition) is 2. The minimum absolute atomic E-state index is 0.110. The Morgan fingerprint density at radius 2 is 1.95 bits per heavy atom. The highest BCUT2D eigenvalue weighted by molar-refractivity contribution is 6.03. The first-order valence-electron chi connectivity index (χ1n) is 6.36. The number of halogens is 3. The summed E-state index contributed by atoms with van der Waals surface area (Å²) < 4.78 is 37.4. The van der Waals surface area contributed by atoms with Gasteiger partial charge in [-0.05, 0) is 37.9 Å². The van der Waals surface area contributed by atoms with E-state index in [2.05, 4.69) is 5.32 Å². The fraction of sp³-hybridized carbons (Fsp3) is 0.500. The average Bonchev–Trinajstić information content (AvgIpc) is 2.87. The highest BCUT2D eigenvalue weighted by Crippen LogP contribution is 2.31. The normalized spacial score (nSPS) is 23.6. The predicted molar refractivity (Wildman–Crippen MR) is 66.0 cm³/mol. The molecule has 0 amide bonds. The smallest absolute Gasteiger partial charge is 0.305 e. The molecular formula is C14H16F3NO. The van der Waals surface area contributed by atoms with Crippen molar-refractivity contribution in [3.63, 3.8) is 0 Å². The second kappa shape index (κ2) is 4.96. The first kappa shape index (κ1) is 14.1. The van der Waals surface area contributed by atoms with E-state index in [9.17, 15) is 18.0 Å². The number of rotatable bonds is 3. The van der Waals surface area contributed by atoms with E-state index < -0.39 is 17.3 Å². The summed E-state index contributed by atoms with van der Waals surface area (Å²) in [5, 5.41) is 3.19. The maximum Gasteiger partial charge on any atom is 0.416 e. The fourth-order valence-corrected chi connectivity index (χ4v) is 2.55. The van der Waals surface area contributed by atoms with Gasteiger partial charge in [-0.1, -0.05) is 19.1 Å². The van der Waals surface area contributed by atoms with Crippen molar-refractivity contribution in [3.05, 3.63) is 35.4 Å². The summed E-state index contributed by atoms with van der Waals surface area (Å²) >= 11 is 0. The summed E-state index contributed by atoms with van der Waals surface area (Å²) in [6, 6.07) is 4.46. The Morgan fingerprint density at radius 1 is 1.32 bits per heavy atom. The van der Waals surface area contributed by atoms with Crippen molar-refractivity contribution in [3.8, 4) is 0 Å². The molecule has 0 spiro atoms. The number of benzene rings is 1. The molecule has 2 rings (SSSR count). The molecule has 0 saturated carbocycles. The van der Waals surface area contributed by atoms with E-state index >= 15 is 0 Å². The van der Waals surface area contributed by atoms with E-state index in [1.807, 2.05) is 6.92 Å². The Kier molecular flexibility index (Phi) is 3.67. The van der Waals surface area contributed by atoms with Crippen LogP contribution in [-0.2, 0) is 6.18 Å². The number of carbonyl (C=O) groups excluding carboxylic acids is 1. The minimum atomic E-state index is -4.37. The molecule has 1 aliphatic heterocycles. The average molecular weight is 271 g/mol. The van der Waals surface area contributed by atoms with Gasteiger partial charge in [0, 0.05) is 5.56 Å². The topological polar surface area (TPSA) is 29.1 Å². The number of nitrogens with one attached hydrogen (secondary N) is 1. The van der Waals surface area contributed by atoms with Crippen molar-refractivity contribution in [1.29, 1.82) is 0 Å². The van der Waals surface area contributed by atoms with Crippen LogP contribution in [0, 0.1) is 0 Å². The van der Waals surface area contributed by atoms with E-state index in [4.69, 9.17) is 0 Å². The third-order valence-electron chi connectivity index (χ3n) is 3.76. The molecule has 1 aromatic rings. The number of Topliss-reactive ketones (excluding diaryl/α,β-unsaturated/α-hetero) is 1. The van der Waals surface area contributed by atoms with E-state index in [-0.39, 0.29) is 5.78 Å². The van der Waals surface area contributed by atoms with Gasteiger partial charge in [0.15, 0.2) is 5.78 Å². The lowest BCUT2D eigenvalue weighted by Gasteiger charge is -2.26. The SMILES string of the molecule is CCC1(C(=O)c2ccc(C(F)(F)F)cc2)CCCN1. The van der Waals surface area contributed by atoms with Gasteiger partial charge in [-0.25, -0.2) is 0 Å². The molecule has 0 aromatic heterocycles. The molecule has 2 nitrogen and oxygen atoms in total. The summed E-state index contributed by atoms with van der Waals surface area (Å²) in [5.74, 6) is -0.110. The first-order chi connectivity index (χ1) is 8.89. The third-order valence-corrected chi connectivity index (χ3v) is 3.76. The van der Waals surface area contributed by atoms with Gasteiger partial charge in [-0.3, -0.25) is 4.79 Å². The van der Waals surface area contributed by atoms with Crippen LogP contribution in [0.5, 0.6) is 0 Å². The van der Waals surface area contributed by atoms with Crippen molar-refractivity contribution in [1.82, 2.24) is 5.32 Å². The molecule has 0 radical (unpaired) electrons. The van der Waals surface area contributed by atoms with Crippen LogP contribution in [0.2, 0.25) is 0 Å². The van der Waals surface area contributed by atoms with E-state index in [1.54, 1.807) is 0 Å². The summed E-state index contributed by atoms with van der Waals surface area (Å²) in [6.07, 6.45) is -2.06. The fourth-order valence-electron chi connectivity index (χ4n) is 2.55. The zero-order valence-electron chi connectivity index (χ0n) is 10.7. The Labute approximate surface area is 110 Å². The highest BCUT2D eigenvalue weighted by atomic mass is 19.4.